The summed E-state index contributed by atoms with van der Waals surface area (Å²) < 4.78 is 34.0. The van der Waals surface area contributed by atoms with Crippen molar-refractivity contribution in [1.29, 1.82) is 0 Å². The van der Waals surface area contributed by atoms with Gasteiger partial charge in [0.25, 0.3) is 0 Å². The summed E-state index contributed by atoms with van der Waals surface area (Å²) in [5.74, 6) is -0.961. The molecule has 0 N–H and O–H groups in total. The highest BCUT2D eigenvalue weighted by Crippen LogP contribution is 2.23. The van der Waals surface area contributed by atoms with Crippen LogP contribution in [0.3, 0.4) is 0 Å². The Labute approximate surface area is 122 Å². The average molecular weight is 296 g/mol. The van der Waals surface area contributed by atoms with Crippen LogP contribution in [0.2, 0.25) is 0 Å². The van der Waals surface area contributed by atoms with Gasteiger partial charge >= 0.3 is 5.97 Å². The fourth-order valence-electron chi connectivity index (χ4n) is 1.89. The maximum absolute atomic E-state index is 13.3. The van der Waals surface area contributed by atoms with Gasteiger partial charge < -0.3 is 18.9 Å². The molecule has 2 rings (SSSR count). The van der Waals surface area contributed by atoms with E-state index >= 15 is 0 Å². The van der Waals surface area contributed by atoms with Crippen molar-refractivity contribution in [1.82, 2.24) is 0 Å². The Bertz CT molecular complexity index is 497. The van der Waals surface area contributed by atoms with Crippen LogP contribution in [0.15, 0.2) is 31.0 Å². The van der Waals surface area contributed by atoms with Crippen molar-refractivity contribution in [2.24, 2.45) is 0 Å². The lowest BCUT2D eigenvalue weighted by atomic mass is 10.2. The molecule has 0 aromatic heterocycles. The minimum Gasteiger partial charge on any atom is -0.498 e. The molecule has 1 fully saturated rings. The lowest BCUT2D eigenvalue weighted by Crippen LogP contribution is -2.18. The molecule has 1 aliphatic heterocycles. The Morgan fingerprint density at radius 3 is 3.05 bits per heavy atom. The molecule has 0 bridgehead atoms. The summed E-state index contributed by atoms with van der Waals surface area (Å²) >= 11 is 0. The first-order valence-electron chi connectivity index (χ1n) is 6.68. The molecule has 1 aromatic carbocycles. The summed E-state index contributed by atoms with van der Waals surface area (Å²) in [4.78, 5) is 12.1. The van der Waals surface area contributed by atoms with Gasteiger partial charge in [0.05, 0.1) is 12.9 Å². The van der Waals surface area contributed by atoms with Gasteiger partial charge in [0.2, 0.25) is 6.29 Å². The third-order valence-electron chi connectivity index (χ3n) is 2.86. The molecule has 1 aliphatic rings. The lowest BCUT2D eigenvalue weighted by Gasteiger charge is -2.14. The van der Waals surface area contributed by atoms with Gasteiger partial charge in [-0.05, 0) is 24.6 Å². The maximum Gasteiger partial charge on any atom is 0.344 e. The minimum absolute atomic E-state index is 0.0316. The van der Waals surface area contributed by atoms with E-state index in [1.165, 1.54) is 18.4 Å². The van der Waals surface area contributed by atoms with E-state index in [1.54, 1.807) is 0 Å². The summed E-state index contributed by atoms with van der Waals surface area (Å²) in [7, 11) is 0. The second-order valence-electron chi connectivity index (χ2n) is 4.37. The number of ether oxygens (including phenoxy) is 4. The zero-order chi connectivity index (χ0) is 15.1. The van der Waals surface area contributed by atoms with E-state index in [1.807, 2.05) is 0 Å². The van der Waals surface area contributed by atoms with Gasteiger partial charge in [-0.15, -0.1) is 0 Å². The summed E-state index contributed by atoms with van der Waals surface area (Å²) in [6.07, 6.45) is 2.20. The molecule has 1 atom stereocenters. The fourth-order valence-corrected chi connectivity index (χ4v) is 1.89. The highest BCUT2D eigenvalue weighted by molar-refractivity contribution is 5.92. The second kappa shape index (κ2) is 7.64. The smallest absolute Gasteiger partial charge is 0.344 e. The molecule has 0 saturated carbocycles. The fraction of sp³-hybridized carbons (Fsp3) is 0.400. The Morgan fingerprint density at radius 1 is 1.48 bits per heavy atom. The molecule has 0 amide bonds. The van der Waals surface area contributed by atoms with Gasteiger partial charge in [0.1, 0.15) is 30.3 Å². The number of hydrogen-bond donors (Lipinski definition) is 0. The monoisotopic (exact) mass is 296 g/mol. The standard InChI is InChI=1S/C15H17FO5/c1-2-18-8-9-19-13-6-5-11(16)10-12(13)15(17)21-14-4-3-7-20-14/h2,5-6,10,14H,1,3-4,7-9H2. The van der Waals surface area contributed by atoms with E-state index in [2.05, 4.69) is 6.58 Å². The summed E-state index contributed by atoms with van der Waals surface area (Å²) in [5.41, 5.74) is 0.0316. The van der Waals surface area contributed by atoms with Crippen molar-refractivity contribution < 1.29 is 28.1 Å². The SMILES string of the molecule is C=COCCOc1ccc(F)cc1C(=O)OC1CCCO1. The molecule has 1 heterocycles. The van der Waals surface area contributed by atoms with E-state index < -0.39 is 18.1 Å². The van der Waals surface area contributed by atoms with E-state index in [0.717, 1.165) is 12.5 Å². The predicted molar refractivity (Wildman–Crippen MR) is 72.4 cm³/mol. The first kappa shape index (κ1) is 15.3. The number of carbonyl (C=O) groups excluding carboxylic acids is 1. The molecule has 21 heavy (non-hydrogen) atoms. The van der Waals surface area contributed by atoms with Crippen LogP contribution in [-0.4, -0.2) is 32.1 Å². The van der Waals surface area contributed by atoms with Gasteiger partial charge in [-0.1, -0.05) is 6.58 Å². The topological polar surface area (TPSA) is 54.0 Å². The van der Waals surface area contributed by atoms with Crippen molar-refractivity contribution in [3.05, 3.63) is 42.4 Å². The Balaban J connectivity index is 2.02. The number of rotatable bonds is 7. The quantitative estimate of drug-likeness (QED) is 0.440. The van der Waals surface area contributed by atoms with Crippen molar-refractivity contribution >= 4 is 5.97 Å². The molecule has 5 nitrogen and oxygen atoms in total. The van der Waals surface area contributed by atoms with Gasteiger partial charge in [0.15, 0.2) is 0 Å². The second-order valence-corrected chi connectivity index (χ2v) is 4.37. The molecule has 0 spiro atoms. The maximum atomic E-state index is 13.3. The molecule has 0 aliphatic carbocycles. The van der Waals surface area contributed by atoms with Crippen LogP contribution in [0.25, 0.3) is 0 Å². The van der Waals surface area contributed by atoms with E-state index in [0.29, 0.717) is 13.0 Å². The van der Waals surface area contributed by atoms with Crippen LogP contribution in [-0.2, 0) is 14.2 Å². The van der Waals surface area contributed by atoms with Crippen LogP contribution in [0.5, 0.6) is 5.75 Å². The van der Waals surface area contributed by atoms with Crippen LogP contribution < -0.4 is 4.74 Å². The predicted octanol–water partition coefficient (Wildman–Crippen LogP) is 2.66. The van der Waals surface area contributed by atoms with Gasteiger partial charge in [0, 0.05) is 6.42 Å². The van der Waals surface area contributed by atoms with Crippen molar-refractivity contribution in [2.45, 2.75) is 19.1 Å². The average Bonchev–Trinajstić information content (AvgIpc) is 2.97. The number of benzene rings is 1. The Morgan fingerprint density at radius 2 is 2.33 bits per heavy atom. The van der Waals surface area contributed by atoms with Gasteiger partial charge in [-0.25, -0.2) is 9.18 Å². The van der Waals surface area contributed by atoms with Crippen LogP contribution in [0.4, 0.5) is 4.39 Å². The largest absolute Gasteiger partial charge is 0.498 e. The zero-order valence-corrected chi connectivity index (χ0v) is 11.5. The van der Waals surface area contributed by atoms with Gasteiger partial charge in [-0.2, -0.15) is 0 Å². The van der Waals surface area contributed by atoms with Crippen molar-refractivity contribution in [3.63, 3.8) is 0 Å². The summed E-state index contributed by atoms with van der Waals surface area (Å²) in [6.45, 7) is 4.45. The highest BCUT2D eigenvalue weighted by Gasteiger charge is 2.23. The molecule has 1 unspecified atom stereocenters. The van der Waals surface area contributed by atoms with Gasteiger partial charge in [-0.3, -0.25) is 0 Å². The molecular formula is C15H17FO5. The molecule has 1 aromatic rings. The van der Waals surface area contributed by atoms with Crippen LogP contribution in [0.1, 0.15) is 23.2 Å². The van der Waals surface area contributed by atoms with Crippen LogP contribution in [0, 0.1) is 5.82 Å². The number of halogens is 1. The highest BCUT2D eigenvalue weighted by atomic mass is 19.1. The number of esters is 1. The van der Waals surface area contributed by atoms with E-state index in [-0.39, 0.29) is 24.5 Å². The molecule has 1 saturated heterocycles. The normalized spacial score (nSPS) is 17.3. The third kappa shape index (κ3) is 4.46. The lowest BCUT2D eigenvalue weighted by molar-refractivity contribution is -0.0777. The van der Waals surface area contributed by atoms with Crippen molar-refractivity contribution in [2.75, 3.05) is 19.8 Å². The summed E-state index contributed by atoms with van der Waals surface area (Å²) in [6, 6.07) is 3.68. The molecule has 0 radical (unpaired) electrons. The Hall–Kier alpha value is -2.08. The van der Waals surface area contributed by atoms with Crippen LogP contribution >= 0.6 is 0 Å². The first-order valence-corrected chi connectivity index (χ1v) is 6.68. The molecular weight excluding hydrogens is 279 g/mol. The first-order chi connectivity index (χ1) is 10.2. The summed E-state index contributed by atoms with van der Waals surface area (Å²) in [5, 5.41) is 0. The number of carbonyl (C=O) groups is 1. The molecule has 114 valence electrons. The molecule has 6 heteroatoms. The minimum atomic E-state index is -0.666. The van der Waals surface area contributed by atoms with Crippen molar-refractivity contribution in [3.8, 4) is 5.75 Å². The van der Waals surface area contributed by atoms with E-state index in [9.17, 15) is 9.18 Å². The van der Waals surface area contributed by atoms with E-state index in [4.69, 9.17) is 18.9 Å². The number of hydrogen-bond acceptors (Lipinski definition) is 5. The Kier molecular flexibility index (Phi) is 5.57. The third-order valence-corrected chi connectivity index (χ3v) is 2.86. The zero-order valence-electron chi connectivity index (χ0n) is 11.5.